The maximum absolute atomic E-state index is 14.2. The van der Waals surface area contributed by atoms with E-state index in [2.05, 4.69) is 26.0 Å². The highest BCUT2D eigenvalue weighted by Crippen LogP contribution is 2.34. The number of rotatable bonds is 12. The van der Waals surface area contributed by atoms with Gasteiger partial charge in [0, 0.05) is 5.02 Å². The third-order valence-corrected chi connectivity index (χ3v) is 8.92. The van der Waals surface area contributed by atoms with Gasteiger partial charge in [0.05, 0.1) is 35.1 Å². The lowest BCUT2D eigenvalue weighted by molar-refractivity contribution is -0.139. The minimum atomic E-state index is -0.650. The maximum Gasteiger partial charge on any atom is 0.338 e. The number of halogens is 1. The van der Waals surface area contributed by atoms with Crippen LogP contribution >= 0.6 is 22.9 Å². The summed E-state index contributed by atoms with van der Waals surface area (Å²) in [5, 5.41) is 0.669. The summed E-state index contributed by atoms with van der Waals surface area (Å²) in [4.78, 5) is 33.1. The number of ether oxygens (including phenoxy) is 3. The van der Waals surface area contributed by atoms with E-state index in [0.717, 1.165) is 23.1 Å². The van der Waals surface area contributed by atoms with Crippen LogP contribution < -0.4 is 24.4 Å². The molecule has 7 nitrogen and oxygen atoms in total. The van der Waals surface area contributed by atoms with Crippen molar-refractivity contribution in [1.82, 2.24) is 4.57 Å². The molecule has 1 atom stereocenters. The number of allylic oxidation sites excluding steroid dienone is 1. The molecule has 0 radical (unpaired) electrons. The minimum Gasteiger partial charge on any atom is -0.490 e. The molecule has 0 fully saturated rings. The van der Waals surface area contributed by atoms with Crippen LogP contribution in [0, 0.1) is 0 Å². The van der Waals surface area contributed by atoms with E-state index in [4.69, 9.17) is 30.8 Å². The number of benzene rings is 3. The Kier molecular flexibility index (Phi) is 10.8. The fourth-order valence-electron chi connectivity index (χ4n) is 5.39. The van der Waals surface area contributed by atoms with E-state index in [0.29, 0.717) is 62.7 Å². The smallest absolute Gasteiger partial charge is 0.338 e. The van der Waals surface area contributed by atoms with Gasteiger partial charge >= 0.3 is 5.97 Å². The number of thiazole rings is 1. The molecule has 1 aromatic heterocycles. The van der Waals surface area contributed by atoms with Gasteiger partial charge in [0.15, 0.2) is 16.3 Å². The summed E-state index contributed by atoms with van der Waals surface area (Å²) >= 11 is 7.33. The van der Waals surface area contributed by atoms with Crippen molar-refractivity contribution in [1.29, 1.82) is 0 Å². The second kappa shape index (κ2) is 15.0. The first-order chi connectivity index (χ1) is 22.2. The van der Waals surface area contributed by atoms with Gasteiger partial charge in [-0.15, -0.1) is 0 Å². The standard InChI is InChI=1S/C37H39ClN2O5S/c1-6-9-29-33(36(42)44-8-3)34(27-15-13-26(14-16-27)23(4)5)40-35(41)32(46-37(40)39-29)21-25-12-19-30(31(20-25)43-7-2)45-22-24-10-17-28(38)18-11-24/h10-21,23,34H,6-9,22H2,1-5H3/b32-21-/t34-/m0/s1. The van der Waals surface area contributed by atoms with Crippen LogP contribution in [0.2, 0.25) is 5.02 Å². The van der Waals surface area contributed by atoms with Crippen LogP contribution in [0.3, 0.4) is 0 Å². The van der Waals surface area contributed by atoms with Crippen molar-refractivity contribution in [3.05, 3.63) is 125 Å². The van der Waals surface area contributed by atoms with E-state index >= 15 is 0 Å². The van der Waals surface area contributed by atoms with E-state index in [1.165, 1.54) is 16.9 Å². The van der Waals surface area contributed by atoms with Crippen molar-refractivity contribution >= 4 is 35.0 Å². The first-order valence-electron chi connectivity index (χ1n) is 15.7. The number of esters is 1. The molecule has 1 aliphatic heterocycles. The molecule has 0 aliphatic carbocycles. The number of nitrogens with zero attached hydrogens (tertiary/aromatic N) is 2. The first-order valence-corrected chi connectivity index (χ1v) is 16.9. The molecule has 2 heterocycles. The fourth-order valence-corrected chi connectivity index (χ4v) is 6.54. The zero-order valence-corrected chi connectivity index (χ0v) is 28.4. The lowest BCUT2D eigenvalue weighted by Crippen LogP contribution is -2.40. The van der Waals surface area contributed by atoms with E-state index in [1.807, 2.05) is 74.5 Å². The van der Waals surface area contributed by atoms with Crippen LogP contribution in [0.15, 0.2) is 87.8 Å². The van der Waals surface area contributed by atoms with Crippen LogP contribution in [0.4, 0.5) is 0 Å². The van der Waals surface area contributed by atoms with Gasteiger partial charge in [0.1, 0.15) is 6.61 Å². The number of hydrogen-bond acceptors (Lipinski definition) is 7. The summed E-state index contributed by atoms with van der Waals surface area (Å²) in [5.74, 6) is 1.08. The summed E-state index contributed by atoms with van der Waals surface area (Å²) in [6.07, 6.45) is 3.22. The lowest BCUT2D eigenvalue weighted by Gasteiger charge is -2.26. The van der Waals surface area contributed by atoms with Crippen molar-refractivity contribution < 1.29 is 19.0 Å². The number of carbonyl (C=O) groups excluding carboxylic acids is 1. The van der Waals surface area contributed by atoms with Gasteiger partial charge in [-0.2, -0.15) is 0 Å². The molecule has 0 amide bonds. The molecule has 5 rings (SSSR count). The summed E-state index contributed by atoms with van der Waals surface area (Å²) in [5.41, 5.74) is 4.63. The van der Waals surface area contributed by atoms with Crippen LogP contribution in [0.25, 0.3) is 6.08 Å². The summed E-state index contributed by atoms with van der Waals surface area (Å²) in [7, 11) is 0. The highest BCUT2D eigenvalue weighted by Gasteiger charge is 2.34. The van der Waals surface area contributed by atoms with E-state index < -0.39 is 12.0 Å². The minimum absolute atomic E-state index is 0.222. The molecule has 0 unspecified atom stereocenters. The van der Waals surface area contributed by atoms with Gasteiger partial charge in [0.2, 0.25) is 0 Å². The quantitative estimate of drug-likeness (QED) is 0.149. The van der Waals surface area contributed by atoms with Crippen molar-refractivity contribution in [3.63, 3.8) is 0 Å². The Hall–Kier alpha value is -4.14. The third kappa shape index (κ3) is 7.29. The van der Waals surface area contributed by atoms with Crippen molar-refractivity contribution in [2.24, 2.45) is 4.99 Å². The van der Waals surface area contributed by atoms with Gasteiger partial charge in [0.25, 0.3) is 5.56 Å². The number of fused-ring (bicyclic) bond motifs is 1. The summed E-state index contributed by atoms with van der Waals surface area (Å²) in [6, 6.07) is 20.6. The molecule has 46 heavy (non-hydrogen) atoms. The molecule has 0 N–H and O–H groups in total. The first kappa shape index (κ1) is 33.2. The Morgan fingerprint density at radius 2 is 1.72 bits per heavy atom. The average molecular weight is 659 g/mol. The van der Waals surface area contributed by atoms with E-state index in [1.54, 1.807) is 11.5 Å². The Morgan fingerprint density at radius 1 is 0.978 bits per heavy atom. The van der Waals surface area contributed by atoms with Crippen LogP contribution in [0.1, 0.15) is 81.7 Å². The molecule has 240 valence electrons. The highest BCUT2D eigenvalue weighted by atomic mass is 35.5. The Balaban J connectivity index is 1.58. The Bertz CT molecular complexity index is 1910. The highest BCUT2D eigenvalue weighted by molar-refractivity contribution is 7.07. The van der Waals surface area contributed by atoms with Crippen LogP contribution in [0.5, 0.6) is 11.5 Å². The predicted molar refractivity (Wildman–Crippen MR) is 184 cm³/mol. The topological polar surface area (TPSA) is 79.1 Å². The van der Waals surface area contributed by atoms with Gasteiger partial charge in [-0.25, -0.2) is 9.79 Å². The second-order valence-corrected chi connectivity index (χ2v) is 12.7. The summed E-state index contributed by atoms with van der Waals surface area (Å²) < 4.78 is 19.7. The van der Waals surface area contributed by atoms with Crippen LogP contribution in [-0.4, -0.2) is 23.8 Å². The lowest BCUT2D eigenvalue weighted by atomic mass is 9.92. The molecule has 4 aromatic rings. The predicted octanol–water partition coefficient (Wildman–Crippen LogP) is 7.33. The molecular formula is C37H39ClN2O5S. The molecule has 3 aromatic carbocycles. The molecule has 9 heteroatoms. The second-order valence-electron chi connectivity index (χ2n) is 11.3. The Labute approximate surface area is 278 Å². The van der Waals surface area contributed by atoms with Crippen molar-refractivity contribution in [2.45, 2.75) is 66.0 Å². The number of aromatic nitrogens is 1. The summed E-state index contributed by atoms with van der Waals surface area (Å²) in [6.45, 7) is 11.1. The molecule has 0 spiro atoms. The van der Waals surface area contributed by atoms with Gasteiger partial charge in [-0.1, -0.05) is 92.6 Å². The number of hydrogen-bond donors (Lipinski definition) is 0. The van der Waals surface area contributed by atoms with Crippen molar-refractivity contribution in [3.8, 4) is 11.5 Å². The van der Waals surface area contributed by atoms with Gasteiger partial charge < -0.3 is 14.2 Å². The van der Waals surface area contributed by atoms with Gasteiger partial charge in [-0.05, 0) is 78.8 Å². The third-order valence-electron chi connectivity index (χ3n) is 7.68. The monoisotopic (exact) mass is 658 g/mol. The van der Waals surface area contributed by atoms with E-state index in [-0.39, 0.29) is 12.2 Å². The SMILES string of the molecule is CCCC1=C(C(=O)OCC)[C@H](c2ccc(C(C)C)cc2)n2c(s/c(=C\c3ccc(OCc4ccc(Cl)cc4)c(OCC)c3)c2=O)=N1. The zero-order chi connectivity index (χ0) is 32.8. The molecule has 1 aliphatic rings. The van der Waals surface area contributed by atoms with Crippen molar-refractivity contribution in [2.75, 3.05) is 13.2 Å². The van der Waals surface area contributed by atoms with E-state index in [9.17, 15) is 9.59 Å². The zero-order valence-electron chi connectivity index (χ0n) is 26.8. The molecule has 0 saturated carbocycles. The molecule has 0 bridgehead atoms. The largest absolute Gasteiger partial charge is 0.490 e. The Morgan fingerprint density at radius 3 is 2.37 bits per heavy atom. The normalized spacial score (nSPS) is 14.7. The average Bonchev–Trinajstić information content (AvgIpc) is 3.35. The van der Waals surface area contributed by atoms with Crippen LogP contribution in [-0.2, 0) is 16.1 Å². The van der Waals surface area contributed by atoms with Gasteiger partial charge in [-0.3, -0.25) is 9.36 Å². The molecule has 0 saturated heterocycles. The maximum atomic E-state index is 14.2. The molecular weight excluding hydrogens is 620 g/mol. The fraction of sp³-hybridized carbons (Fsp3) is 0.324. The number of carbonyl (C=O) groups is 1.